The Kier molecular flexibility index (Phi) is 2.42. The molecule has 1 heterocycles. The monoisotopic (exact) mass is 211 g/mol. The molecule has 1 aromatic heterocycles. The number of nitrogens with zero attached hydrogens (tertiary/aromatic N) is 1. The molecule has 0 amide bonds. The normalized spacial score (nSPS) is 24.4. The van der Waals surface area contributed by atoms with Gasteiger partial charge in [-0.2, -0.15) is 0 Å². The first-order valence-electron chi connectivity index (χ1n) is 4.40. The van der Waals surface area contributed by atoms with Crippen LogP contribution < -0.4 is 0 Å². The minimum Gasteiger partial charge on any atom is -0.469 e. The zero-order chi connectivity index (χ0) is 10.1. The fourth-order valence-corrected chi connectivity index (χ4v) is 1.79. The molecule has 74 valence electrons. The maximum Gasteiger partial charge on any atom is 0.309 e. The van der Waals surface area contributed by atoms with E-state index in [2.05, 4.69) is 9.72 Å². The van der Waals surface area contributed by atoms with Gasteiger partial charge in [0.15, 0.2) is 0 Å². The van der Waals surface area contributed by atoms with Gasteiger partial charge in [0.05, 0.1) is 18.1 Å². The number of carbonyl (C=O) groups excluding carboxylic acids is 1. The maximum atomic E-state index is 11.2. The summed E-state index contributed by atoms with van der Waals surface area (Å²) < 4.78 is 4.66. The molecule has 0 N–H and O–H groups in total. The topological polar surface area (TPSA) is 39.2 Å². The Hall–Kier alpha value is -1.09. The van der Waals surface area contributed by atoms with Gasteiger partial charge in [-0.05, 0) is 24.0 Å². The van der Waals surface area contributed by atoms with E-state index < -0.39 is 0 Å². The van der Waals surface area contributed by atoms with E-state index in [0.29, 0.717) is 5.02 Å². The Bertz CT molecular complexity index is 367. The van der Waals surface area contributed by atoms with E-state index in [1.54, 1.807) is 12.4 Å². The lowest BCUT2D eigenvalue weighted by atomic mass is 10.1. The SMILES string of the molecule is COC(=O)[C@H]1C[C@@H]1c1cncc(Cl)c1. The number of ether oxygens (including phenoxy) is 1. The Morgan fingerprint density at radius 1 is 1.64 bits per heavy atom. The smallest absolute Gasteiger partial charge is 0.309 e. The Morgan fingerprint density at radius 3 is 3.07 bits per heavy atom. The van der Waals surface area contributed by atoms with Crippen molar-refractivity contribution in [1.82, 2.24) is 4.98 Å². The molecule has 0 bridgehead atoms. The van der Waals surface area contributed by atoms with Gasteiger partial charge in [-0.1, -0.05) is 11.6 Å². The molecule has 0 radical (unpaired) electrons. The highest BCUT2D eigenvalue weighted by Crippen LogP contribution is 2.48. The number of carbonyl (C=O) groups is 1. The summed E-state index contributed by atoms with van der Waals surface area (Å²) in [7, 11) is 1.41. The summed E-state index contributed by atoms with van der Waals surface area (Å²) in [6, 6.07) is 1.85. The molecule has 3 nitrogen and oxygen atoms in total. The third-order valence-corrected chi connectivity index (χ3v) is 2.66. The molecule has 1 aromatic rings. The number of methoxy groups -OCH3 is 1. The quantitative estimate of drug-likeness (QED) is 0.703. The Labute approximate surface area is 87.0 Å². The van der Waals surface area contributed by atoms with Crippen molar-refractivity contribution >= 4 is 17.6 Å². The minimum absolute atomic E-state index is 0.000247. The molecular weight excluding hydrogens is 202 g/mol. The van der Waals surface area contributed by atoms with Crippen molar-refractivity contribution in [2.45, 2.75) is 12.3 Å². The van der Waals surface area contributed by atoms with Crippen LogP contribution in [0, 0.1) is 5.92 Å². The van der Waals surface area contributed by atoms with Crippen molar-refractivity contribution in [1.29, 1.82) is 0 Å². The first-order valence-corrected chi connectivity index (χ1v) is 4.78. The van der Waals surface area contributed by atoms with Crippen molar-refractivity contribution < 1.29 is 9.53 Å². The fraction of sp³-hybridized carbons (Fsp3) is 0.400. The third-order valence-electron chi connectivity index (χ3n) is 2.45. The molecule has 2 atom stereocenters. The zero-order valence-corrected chi connectivity index (χ0v) is 8.49. The third kappa shape index (κ3) is 1.73. The number of aromatic nitrogens is 1. The molecule has 14 heavy (non-hydrogen) atoms. The minimum atomic E-state index is -0.144. The van der Waals surface area contributed by atoms with E-state index in [0.717, 1.165) is 12.0 Å². The molecule has 1 saturated carbocycles. The van der Waals surface area contributed by atoms with Crippen LogP contribution in [0.5, 0.6) is 0 Å². The van der Waals surface area contributed by atoms with E-state index >= 15 is 0 Å². The average Bonchev–Trinajstić information content (AvgIpc) is 2.96. The van der Waals surface area contributed by atoms with Crippen LogP contribution >= 0.6 is 11.6 Å². The number of hydrogen-bond donors (Lipinski definition) is 0. The lowest BCUT2D eigenvalue weighted by Crippen LogP contribution is -2.03. The zero-order valence-electron chi connectivity index (χ0n) is 7.74. The molecule has 0 spiro atoms. The van der Waals surface area contributed by atoms with E-state index in [-0.39, 0.29) is 17.8 Å². The predicted octanol–water partition coefficient (Wildman–Crippen LogP) is 2.01. The highest BCUT2D eigenvalue weighted by atomic mass is 35.5. The van der Waals surface area contributed by atoms with Crippen LogP contribution in [-0.2, 0) is 9.53 Å². The number of pyridine rings is 1. The Balaban J connectivity index is 2.09. The lowest BCUT2D eigenvalue weighted by molar-refractivity contribution is -0.142. The maximum absolute atomic E-state index is 11.2. The van der Waals surface area contributed by atoms with Crippen LogP contribution in [0.1, 0.15) is 17.9 Å². The van der Waals surface area contributed by atoms with Crippen molar-refractivity contribution in [3.63, 3.8) is 0 Å². The van der Waals surface area contributed by atoms with E-state index in [1.165, 1.54) is 7.11 Å². The molecule has 0 aliphatic heterocycles. The molecule has 0 aromatic carbocycles. The van der Waals surface area contributed by atoms with E-state index in [9.17, 15) is 4.79 Å². The van der Waals surface area contributed by atoms with Gasteiger partial charge in [-0.3, -0.25) is 9.78 Å². The second-order valence-electron chi connectivity index (χ2n) is 3.41. The molecule has 1 aliphatic carbocycles. The van der Waals surface area contributed by atoms with Gasteiger partial charge in [0.2, 0.25) is 0 Å². The van der Waals surface area contributed by atoms with Crippen molar-refractivity contribution in [3.05, 3.63) is 29.0 Å². The standard InChI is InChI=1S/C10H10ClNO2/c1-14-10(13)9-3-8(9)6-2-7(11)5-12-4-6/h2,4-5,8-9H,3H2,1H3/t8-,9+/m1/s1. The van der Waals surface area contributed by atoms with Crippen LogP contribution in [0.25, 0.3) is 0 Å². The van der Waals surface area contributed by atoms with Gasteiger partial charge in [0.1, 0.15) is 0 Å². The lowest BCUT2D eigenvalue weighted by Gasteiger charge is -1.99. The van der Waals surface area contributed by atoms with Crippen LogP contribution in [0.3, 0.4) is 0 Å². The molecular formula is C10H10ClNO2. The van der Waals surface area contributed by atoms with E-state index in [4.69, 9.17) is 11.6 Å². The number of esters is 1. The number of rotatable bonds is 2. The van der Waals surface area contributed by atoms with Gasteiger partial charge in [0, 0.05) is 12.4 Å². The van der Waals surface area contributed by atoms with Crippen LogP contribution in [0.2, 0.25) is 5.02 Å². The highest BCUT2D eigenvalue weighted by Gasteiger charge is 2.45. The summed E-state index contributed by atoms with van der Waals surface area (Å²) in [6.45, 7) is 0. The first-order chi connectivity index (χ1) is 6.72. The number of halogens is 1. The summed E-state index contributed by atoms with van der Waals surface area (Å²) in [5.74, 6) is 0.101. The van der Waals surface area contributed by atoms with Gasteiger partial charge < -0.3 is 4.74 Å². The first kappa shape index (κ1) is 9.46. The summed E-state index contributed by atoms with van der Waals surface area (Å²) in [4.78, 5) is 15.1. The molecule has 4 heteroatoms. The largest absolute Gasteiger partial charge is 0.469 e. The average molecular weight is 212 g/mol. The van der Waals surface area contributed by atoms with Gasteiger partial charge in [-0.15, -0.1) is 0 Å². The summed E-state index contributed by atoms with van der Waals surface area (Å²) >= 11 is 5.80. The summed E-state index contributed by atoms with van der Waals surface area (Å²) in [5, 5.41) is 0.609. The van der Waals surface area contributed by atoms with Crippen LogP contribution in [0.15, 0.2) is 18.5 Å². The molecule has 0 saturated heterocycles. The van der Waals surface area contributed by atoms with Crippen molar-refractivity contribution in [3.8, 4) is 0 Å². The second kappa shape index (κ2) is 3.58. The van der Waals surface area contributed by atoms with Gasteiger partial charge in [0.25, 0.3) is 0 Å². The predicted molar refractivity (Wildman–Crippen MR) is 52.1 cm³/mol. The van der Waals surface area contributed by atoms with Crippen LogP contribution in [-0.4, -0.2) is 18.1 Å². The van der Waals surface area contributed by atoms with E-state index in [1.807, 2.05) is 6.07 Å². The molecule has 2 rings (SSSR count). The molecule has 1 fully saturated rings. The molecule has 1 aliphatic rings. The van der Waals surface area contributed by atoms with Gasteiger partial charge in [-0.25, -0.2) is 0 Å². The van der Waals surface area contributed by atoms with Crippen molar-refractivity contribution in [2.24, 2.45) is 5.92 Å². The van der Waals surface area contributed by atoms with Gasteiger partial charge >= 0.3 is 5.97 Å². The number of hydrogen-bond acceptors (Lipinski definition) is 3. The van der Waals surface area contributed by atoms with Crippen LogP contribution in [0.4, 0.5) is 0 Å². The van der Waals surface area contributed by atoms with Crippen molar-refractivity contribution in [2.75, 3.05) is 7.11 Å². The Morgan fingerprint density at radius 2 is 2.43 bits per heavy atom. The second-order valence-corrected chi connectivity index (χ2v) is 3.84. The fourth-order valence-electron chi connectivity index (χ4n) is 1.61. The highest BCUT2D eigenvalue weighted by molar-refractivity contribution is 6.30. The summed E-state index contributed by atoms with van der Waals surface area (Å²) in [5.41, 5.74) is 1.02. The molecule has 0 unspecified atom stereocenters. The summed E-state index contributed by atoms with van der Waals surface area (Å²) in [6.07, 6.45) is 4.18.